The number of benzene rings is 2. The first kappa shape index (κ1) is 18.0. The van der Waals surface area contributed by atoms with Gasteiger partial charge in [0.05, 0.1) is 5.69 Å². The topological polar surface area (TPSA) is 85.6 Å². The first-order valence-corrected chi connectivity index (χ1v) is 9.78. The van der Waals surface area contributed by atoms with E-state index in [1.165, 1.54) is 11.3 Å². The molecule has 8 heteroatoms. The fourth-order valence-corrected chi connectivity index (χ4v) is 3.54. The molecule has 4 aromatic rings. The van der Waals surface area contributed by atoms with E-state index in [-0.39, 0.29) is 5.82 Å². The lowest BCUT2D eigenvalue weighted by molar-refractivity contribution is 0.101. The summed E-state index contributed by atoms with van der Waals surface area (Å²) in [7, 11) is 0. The lowest BCUT2D eigenvalue weighted by Crippen LogP contribution is -2.14. The molecule has 0 radical (unpaired) electrons. The van der Waals surface area contributed by atoms with Gasteiger partial charge in [0.1, 0.15) is 5.01 Å². The maximum atomic E-state index is 12.7. The van der Waals surface area contributed by atoms with Crippen molar-refractivity contribution < 1.29 is 4.79 Å². The summed E-state index contributed by atoms with van der Waals surface area (Å²) in [6.07, 6.45) is 1.82. The van der Waals surface area contributed by atoms with Crippen LogP contribution in [0.2, 0.25) is 0 Å². The molecule has 0 aliphatic carbocycles. The van der Waals surface area contributed by atoms with E-state index in [1.807, 2.05) is 60.7 Å². The van der Waals surface area contributed by atoms with Gasteiger partial charge in [-0.1, -0.05) is 66.8 Å². The van der Waals surface area contributed by atoms with Gasteiger partial charge in [0.25, 0.3) is 5.91 Å². The van der Waals surface area contributed by atoms with Crippen molar-refractivity contribution in [1.82, 2.24) is 25.0 Å². The number of para-hydroxylation sites is 1. The molecule has 0 aliphatic heterocycles. The smallest absolute Gasteiger partial charge is 0.294 e. The molecule has 140 valence electrons. The number of nitrogens with zero attached hydrogens (tertiary/aromatic N) is 5. The maximum absolute atomic E-state index is 12.7. The predicted molar refractivity (Wildman–Crippen MR) is 109 cm³/mol. The van der Waals surface area contributed by atoms with Gasteiger partial charge in [-0.3, -0.25) is 10.1 Å². The number of aromatic nitrogens is 5. The molecular weight excluding hydrogens is 372 g/mol. The van der Waals surface area contributed by atoms with E-state index in [9.17, 15) is 4.79 Å². The zero-order valence-corrected chi connectivity index (χ0v) is 16.1. The molecule has 0 aliphatic rings. The molecule has 7 nitrogen and oxygen atoms in total. The van der Waals surface area contributed by atoms with Gasteiger partial charge in [0, 0.05) is 12.0 Å². The highest BCUT2D eigenvalue weighted by molar-refractivity contribution is 7.15. The molecule has 2 aromatic carbocycles. The Hall–Kier alpha value is -3.39. The second-order valence-electron chi connectivity index (χ2n) is 6.08. The monoisotopic (exact) mass is 390 g/mol. The van der Waals surface area contributed by atoms with Crippen LogP contribution >= 0.6 is 11.3 Å². The minimum Gasteiger partial charge on any atom is -0.294 e. The van der Waals surface area contributed by atoms with E-state index < -0.39 is 5.91 Å². The molecule has 0 bridgehead atoms. The van der Waals surface area contributed by atoms with Gasteiger partial charge in [-0.05, 0) is 18.6 Å². The molecule has 0 spiro atoms. The summed E-state index contributed by atoms with van der Waals surface area (Å²) in [5, 5.41) is 16.6. The van der Waals surface area contributed by atoms with E-state index in [0.717, 1.165) is 29.1 Å². The summed E-state index contributed by atoms with van der Waals surface area (Å²) in [6, 6.07) is 19.3. The number of hydrogen-bond donors (Lipinski definition) is 1. The van der Waals surface area contributed by atoms with Crippen molar-refractivity contribution in [2.24, 2.45) is 0 Å². The number of carbonyl (C=O) groups excluding carboxylic acids is 1. The van der Waals surface area contributed by atoms with Crippen molar-refractivity contribution in [3.8, 4) is 17.1 Å². The van der Waals surface area contributed by atoms with Crippen LogP contribution in [0.3, 0.4) is 0 Å². The third kappa shape index (κ3) is 3.81. The van der Waals surface area contributed by atoms with Crippen molar-refractivity contribution in [2.75, 3.05) is 5.32 Å². The number of carbonyl (C=O) groups is 1. The number of hydrogen-bond acceptors (Lipinski definition) is 6. The van der Waals surface area contributed by atoms with E-state index in [2.05, 4.69) is 32.5 Å². The normalized spacial score (nSPS) is 10.8. The number of amides is 1. The first-order valence-electron chi connectivity index (χ1n) is 8.96. The zero-order valence-electron chi connectivity index (χ0n) is 15.2. The SMILES string of the molecule is CCCc1nnc(NC(=O)c2nc(-c3ccccc3)n(-c3ccccc3)n2)s1. The van der Waals surface area contributed by atoms with E-state index in [0.29, 0.717) is 11.0 Å². The Morgan fingerprint density at radius 1 is 1.04 bits per heavy atom. The minimum absolute atomic E-state index is 0.0787. The molecular formula is C20H18N6OS. The Kier molecular flexibility index (Phi) is 5.20. The molecule has 28 heavy (non-hydrogen) atoms. The Labute approximate surface area is 166 Å². The van der Waals surface area contributed by atoms with Gasteiger partial charge in [-0.25, -0.2) is 9.67 Å². The van der Waals surface area contributed by atoms with Gasteiger partial charge in [0.2, 0.25) is 11.0 Å². The van der Waals surface area contributed by atoms with Crippen LogP contribution in [0.5, 0.6) is 0 Å². The van der Waals surface area contributed by atoms with Crippen molar-refractivity contribution in [2.45, 2.75) is 19.8 Å². The van der Waals surface area contributed by atoms with Crippen LogP contribution in [0.15, 0.2) is 60.7 Å². The molecule has 0 fully saturated rings. The predicted octanol–water partition coefficient (Wildman–Crippen LogP) is 3.99. The van der Waals surface area contributed by atoms with Crippen LogP contribution in [0.4, 0.5) is 5.13 Å². The summed E-state index contributed by atoms with van der Waals surface area (Å²) in [4.78, 5) is 17.2. The molecule has 4 rings (SSSR count). The zero-order chi connectivity index (χ0) is 19.3. The quantitative estimate of drug-likeness (QED) is 0.538. The van der Waals surface area contributed by atoms with Crippen molar-refractivity contribution in [3.05, 3.63) is 71.5 Å². The maximum Gasteiger partial charge on any atom is 0.297 e. The second kappa shape index (κ2) is 8.10. The highest BCUT2D eigenvalue weighted by Gasteiger charge is 2.20. The number of nitrogens with one attached hydrogen (secondary N) is 1. The van der Waals surface area contributed by atoms with Crippen LogP contribution in [-0.2, 0) is 6.42 Å². The molecule has 1 amide bonds. The van der Waals surface area contributed by atoms with E-state index in [4.69, 9.17) is 0 Å². The second-order valence-corrected chi connectivity index (χ2v) is 7.14. The lowest BCUT2D eigenvalue weighted by atomic mass is 10.2. The summed E-state index contributed by atoms with van der Waals surface area (Å²) in [5.74, 6) is 0.266. The first-order chi connectivity index (χ1) is 13.7. The fourth-order valence-electron chi connectivity index (χ4n) is 2.70. The summed E-state index contributed by atoms with van der Waals surface area (Å²) < 4.78 is 1.67. The highest BCUT2D eigenvalue weighted by Crippen LogP contribution is 2.22. The third-order valence-electron chi connectivity index (χ3n) is 3.99. The molecule has 0 saturated carbocycles. The number of rotatable bonds is 6. The third-order valence-corrected chi connectivity index (χ3v) is 4.89. The van der Waals surface area contributed by atoms with Crippen molar-refractivity contribution in [1.29, 1.82) is 0 Å². The molecule has 0 saturated heterocycles. The van der Waals surface area contributed by atoms with Gasteiger partial charge in [0.15, 0.2) is 5.82 Å². The highest BCUT2D eigenvalue weighted by atomic mass is 32.1. The average molecular weight is 390 g/mol. The van der Waals surface area contributed by atoms with Crippen LogP contribution in [0.1, 0.15) is 29.0 Å². The van der Waals surface area contributed by atoms with Gasteiger partial charge < -0.3 is 0 Å². The van der Waals surface area contributed by atoms with Crippen LogP contribution < -0.4 is 5.32 Å². The van der Waals surface area contributed by atoms with Crippen LogP contribution in [0.25, 0.3) is 17.1 Å². The Balaban J connectivity index is 1.67. The van der Waals surface area contributed by atoms with Gasteiger partial charge in [-0.15, -0.1) is 15.3 Å². The van der Waals surface area contributed by atoms with E-state index >= 15 is 0 Å². The molecule has 0 unspecified atom stereocenters. The summed E-state index contributed by atoms with van der Waals surface area (Å²) in [5.41, 5.74) is 1.70. The fraction of sp³-hybridized carbons (Fsp3) is 0.150. The Morgan fingerprint density at radius 3 is 2.46 bits per heavy atom. The standard InChI is InChI=1S/C20H18N6OS/c1-2-9-16-23-24-20(28-16)22-19(27)17-21-18(14-10-5-3-6-11-14)26(25-17)15-12-7-4-8-13-15/h3-8,10-13H,2,9H2,1H3,(H,22,24,27). The molecule has 2 aromatic heterocycles. The van der Waals surface area contributed by atoms with Crippen LogP contribution in [0, 0.1) is 0 Å². The Morgan fingerprint density at radius 2 is 1.75 bits per heavy atom. The molecule has 1 N–H and O–H groups in total. The molecule has 0 atom stereocenters. The lowest BCUT2D eigenvalue weighted by Gasteiger charge is -2.05. The average Bonchev–Trinajstić information content (AvgIpc) is 3.37. The van der Waals surface area contributed by atoms with E-state index in [1.54, 1.807) is 4.68 Å². The van der Waals surface area contributed by atoms with Crippen LogP contribution in [-0.4, -0.2) is 30.9 Å². The van der Waals surface area contributed by atoms with Gasteiger partial charge >= 0.3 is 0 Å². The molecule has 2 heterocycles. The Bertz CT molecular complexity index is 1020. The number of anilines is 1. The minimum atomic E-state index is -0.411. The number of aryl methyl sites for hydroxylation is 1. The largest absolute Gasteiger partial charge is 0.297 e. The summed E-state index contributed by atoms with van der Waals surface area (Å²) in [6.45, 7) is 2.07. The van der Waals surface area contributed by atoms with Crippen molar-refractivity contribution >= 4 is 22.4 Å². The van der Waals surface area contributed by atoms with Crippen molar-refractivity contribution in [3.63, 3.8) is 0 Å². The van der Waals surface area contributed by atoms with Gasteiger partial charge in [-0.2, -0.15) is 0 Å². The summed E-state index contributed by atoms with van der Waals surface area (Å²) >= 11 is 1.37.